The van der Waals surface area contributed by atoms with Crippen LogP contribution in [0.5, 0.6) is 0 Å². The zero-order chi connectivity index (χ0) is 16.9. The van der Waals surface area contributed by atoms with Crippen molar-refractivity contribution in [3.8, 4) is 28.9 Å². The Morgan fingerprint density at radius 2 is 1.79 bits per heavy atom. The average molecular weight is 318 g/mol. The van der Waals surface area contributed by atoms with Crippen LogP contribution in [0, 0.1) is 18.3 Å². The first kappa shape index (κ1) is 15.4. The van der Waals surface area contributed by atoms with Gasteiger partial charge in [0.2, 0.25) is 11.7 Å². The lowest BCUT2D eigenvalue weighted by Gasteiger charge is -2.02. The predicted molar refractivity (Wildman–Crippen MR) is 88.8 cm³/mol. The lowest BCUT2D eigenvalue weighted by molar-refractivity contribution is -0.115. The highest BCUT2D eigenvalue weighted by Gasteiger charge is 2.10. The van der Waals surface area contributed by atoms with Gasteiger partial charge in [-0.05, 0) is 31.2 Å². The van der Waals surface area contributed by atoms with E-state index in [1.54, 1.807) is 30.3 Å². The zero-order valence-corrected chi connectivity index (χ0v) is 13.0. The summed E-state index contributed by atoms with van der Waals surface area (Å²) in [5, 5.41) is 15.1. The van der Waals surface area contributed by atoms with E-state index in [9.17, 15) is 4.79 Å². The molecule has 6 heteroatoms. The van der Waals surface area contributed by atoms with Crippen LogP contribution in [-0.4, -0.2) is 16.0 Å². The Hall–Kier alpha value is -3.46. The Bertz CT molecular complexity index is 890. The fraction of sp³-hybridized carbons (Fsp3) is 0.111. The quantitative estimate of drug-likeness (QED) is 0.794. The predicted octanol–water partition coefficient (Wildman–Crippen LogP) is 3.56. The second-order valence-electron chi connectivity index (χ2n) is 5.25. The molecule has 1 aromatic heterocycles. The molecule has 1 heterocycles. The van der Waals surface area contributed by atoms with Gasteiger partial charge in [0, 0.05) is 16.8 Å². The second kappa shape index (κ2) is 6.75. The van der Waals surface area contributed by atoms with Crippen molar-refractivity contribution in [1.82, 2.24) is 10.1 Å². The fourth-order valence-corrected chi connectivity index (χ4v) is 2.13. The van der Waals surface area contributed by atoms with Crippen molar-refractivity contribution >= 4 is 11.6 Å². The number of benzene rings is 2. The Balaban J connectivity index is 1.77. The molecule has 3 rings (SSSR count). The van der Waals surface area contributed by atoms with Crippen LogP contribution in [0.4, 0.5) is 5.69 Å². The molecule has 0 bridgehead atoms. The van der Waals surface area contributed by atoms with Gasteiger partial charge in [0.05, 0.1) is 6.07 Å². The summed E-state index contributed by atoms with van der Waals surface area (Å²) in [6.45, 7) is 2.02. The molecule has 24 heavy (non-hydrogen) atoms. The van der Waals surface area contributed by atoms with Crippen molar-refractivity contribution in [2.24, 2.45) is 0 Å². The number of nitriles is 1. The third-order valence-corrected chi connectivity index (χ3v) is 3.39. The molecule has 2 aromatic carbocycles. The molecule has 3 aromatic rings. The van der Waals surface area contributed by atoms with E-state index in [4.69, 9.17) is 9.78 Å². The summed E-state index contributed by atoms with van der Waals surface area (Å²) in [6.07, 6.45) is -0.175. The summed E-state index contributed by atoms with van der Waals surface area (Å²) in [5.41, 5.74) is 3.41. The minimum absolute atomic E-state index is 0.175. The van der Waals surface area contributed by atoms with Crippen LogP contribution in [0.2, 0.25) is 0 Å². The van der Waals surface area contributed by atoms with Gasteiger partial charge in [-0.3, -0.25) is 4.79 Å². The smallest absolute Gasteiger partial charge is 0.258 e. The highest BCUT2D eigenvalue weighted by molar-refractivity contribution is 5.92. The van der Waals surface area contributed by atoms with Crippen LogP contribution in [0.15, 0.2) is 53.1 Å². The number of hydrogen-bond acceptors (Lipinski definition) is 5. The molecule has 0 fully saturated rings. The number of carbonyl (C=O) groups excluding carboxylic acids is 1. The van der Waals surface area contributed by atoms with Gasteiger partial charge < -0.3 is 9.84 Å². The molecule has 0 spiro atoms. The van der Waals surface area contributed by atoms with E-state index in [1.807, 2.05) is 31.2 Å². The topological polar surface area (TPSA) is 91.8 Å². The molecule has 0 aliphatic heterocycles. The summed E-state index contributed by atoms with van der Waals surface area (Å²) < 4.78 is 5.30. The van der Waals surface area contributed by atoms with Crippen molar-refractivity contribution < 1.29 is 9.32 Å². The second-order valence-corrected chi connectivity index (χ2v) is 5.25. The minimum atomic E-state index is -0.343. The van der Waals surface area contributed by atoms with E-state index in [0.717, 1.165) is 16.7 Å². The van der Waals surface area contributed by atoms with E-state index in [2.05, 4.69) is 15.5 Å². The van der Waals surface area contributed by atoms with E-state index in [1.165, 1.54) is 0 Å². The van der Waals surface area contributed by atoms with Gasteiger partial charge in [-0.2, -0.15) is 10.2 Å². The summed E-state index contributed by atoms with van der Waals surface area (Å²) in [5.74, 6) is 0.585. The van der Waals surface area contributed by atoms with Gasteiger partial charge in [-0.1, -0.05) is 35.0 Å². The monoisotopic (exact) mass is 318 g/mol. The number of nitrogens with zero attached hydrogens (tertiary/aromatic N) is 3. The fourth-order valence-electron chi connectivity index (χ4n) is 2.13. The highest BCUT2D eigenvalue weighted by Crippen LogP contribution is 2.23. The molecular formula is C18H14N4O2. The third-order valence-electron chi connectivity index (χ3n) is 3.39. The van der Waals surface area contributed by atoms with Crippen LogP contribution in [0.1, 0.15) is 12.0 Å². The number of aromatic nitrogens is 2. The molecule has 0 aliphatic rings. The Morgan fingerprint density at radius 1 is 1.12 bits per heavy atom. The van der Waals surface area contributed by atoms with Gasteiger partial charge in [0.25, 0.3) is 5.89 Å². The largest absolute Gasteiger partial charge is 0.334 e. The van der Waals surface area contributed by atoms with Crippen molar-refractivity contribution in [3.05, 3.63) is 54.1 Å². The number of anilines is 1. The van der Waals surface area contributed by atoms with Crippen LogP contribution in [0.3, 0.4) is 0 Å². The average Bonchev–Trinajstić information content (AvgIpc) is 3.06. The maximum Gasteiger partial charge on any atom is 0.258 e. The first-order valence-corrected chi connectivity index (χ1v) is 7.34. The summed E-state index contributed by atoms with van der Waals surface area (Å²) in [4.78, 5) is 15.8. The van der Waals surface area contributed by atoms with Crippen molar-refractivity contribution in [2.75, 3.05) is 5.32 Å². The number of aryl methyl sites for hydroxylation is 1. The molecular weight excluding hydrogens is 304 g/mol. The normalized spacial score (nSPS) is 10.2. The lowest BCUT2D eigenvalue weighted by Crippen LogP contribution is -2.09. The van der Waals surface area contributed by atoms with Crippen LogP contribution in [-0.2, 0) is 4.79 Å². The Labute approximate surface area is 138 Å². The van der Waals surface area contributed by atoms with E-state index in [-0.39, 0.29) is 12.3 Å². The number of carbonyl (C=O) groups is 1. The first-order chi connectivity index (χ1) is 11.7. The minimum Gasteiger partial charge on any atom is -0.334 e. The summed E-state index contributed by atoms with van der Waals surface area (Å²) in [7, 11) is 0. The van der Waals surface area contributed by atoms with Gasteiger partial charge in [-0.25, -0.2) is 0 Å². The van der Waals surface area contributed by atoms with Crippen molar-refractivity contribution in [1.29, 1.82) is 5.26 Å². The summed E-state index contributed by atoms with van der Waals surface area (Å²) >= 11 is 0. The molecule has 118 valence electrons. The molecule has 0 radical (unpaired) electrons. The first-order valence-electron chi connectivity index (χ1n) is 7.34. The van der Waals surface area contributed by atoms with E-state index >= 15 is 0 Å². The van der Waals surface area contributed by atoms with Crippen LogP contribution < -0.4 is 5.32 Å². The standard InChI is InChI=1S/C18H14N4O2/c1-12-2-4-13(5-3-12)17-21-18(24-22-17)14-6-8-15(9-7-14)20-16(23)10-11-19/h2-9H,10H2,1H3,(H,20,23). The molecule has 1 N–H and O–H groups in total. The summed E-state index contributed by atoms with van der Waals surface area (Å²) in [6, 6.07) is 16.7. The number of rotatable bonds is 4. The molecule has 0 unspecified atom stereocenters. The maximum absolute atomic E-state index is 11.4. The van der Waals surface area contributed by atoms with Gasteiger partial charge in [-0.15, -0.1) is 0 Å². The maximum atomic E-state index is 11.4. The van der Waals surface area contributed by atoms with Crippen LogP contribution in [0.25, 0.3) is 22.8 Å². The number of hydrogen-bond donors (Lipinski definition) is 1. The van der Waals surface area contributed by atoms with Crippen molar-refractivity contribution in [2.45, 2.75) is 13.3 Å². The Morgan fingerprint density at radius 3 is 2.46 bits per heavy atom. The van der Waals surface area contributed by atoms with Crippen LogP contribution >= 0.6 is 0 Å². The lowest BCUT2D eigenvalue weighted by atomic mass is 10.1. The van der Waals surface area contributed by atoms with E-state index < -0.39 is 0 Å². The van der Waals surface area contributed by atoms with Gasteiger partial charge in [0.1, 0.15) is 6.42 Å². The van der Waals surface area contributed by atoms with Gasteiger partial charge >= 0.3 is 0 Å². The SMILES string of the molecule is Cc1ccc(-c2noc(-c3ccc(NC(=O)CC#N)cc3)n2)cc1. The molecule has 0 atom stereocenters. The molecule has 6 nitrogen and oxygen atoms in total. The zero-order valence-electron chi connectivity index (χ0n) is 13.0. The molecule has 0 saturated carbocycles. The number of nitrogens with one attached hydrogen (secondary N) is 1. The number of amides is 1. The molecule has 1 amide bonds. The molecule has 0 saturated heterocycles. The molecule has 0 aliphatic carbocycles. The van der Waals surface area contributed by atoms with Gasteiger partial charge in [0.15, 0.2) is 0 Å². The van der Waals surface area contributed by atoms with E-state index in [0.29, 0.717) is 17.4 Å². The van der Waals surface area contributed by atoms with Crippen molar-refractivity contribution in [3.63, 3.8) is 0 Å². The third kappa shape index (κ3) is 3.47. The Kier molecular flexibility index (Phi) is 4.34. The highest BCUT2D eigenvalue weighted by atomic mass is 16.5.